The first-order valence-electron chi connectivity index (χ1n) is 11.7. The molecule has 3 aromatic carbocycles. The predicted molar refractivity (Wildman–Crippen MR) is 137 cm³/mol. The molecule has 0 aliphatic heterocycles. The summed E-state index contributed by atoms with van der Waals surface area (Å²) in [7, 11) is 0. The lowest BCUT2D eigenvalue weighted by molar-refractivity contribution is -0.127. The number of nitrogens with zero attached hydrogens (tertiary/aromatic N) is 1. The summed E-state index contributed by atoms with van der Waals surface area (Å²) in [4.78, 5) is 25.7. The maximum absolute atomic E-state index is 13.1. The molecule has 0 radical (unpaired) electrons. The van der Waals surface area contributed by atoms with Gasteiger partial charge in [0, 0.05) is 11.4 Å². The highest BCUT2D eigenvalue weighted by Gasteiger charge is 2.22. The molecule has 37 heavy (non-hydrogen) atoms. The van der Waals surface area contributed by atoms with Gasteiger partial charge in [-0.1, -0.05) is 30.3 Å². The van der Waals surface area contributed by atoms with Crippen LogP contribution in [-0.2, 0) is 27.4 Å². The van der Waals surface area contributed by atoms with Gasteiger partial charge in [-0.15, -0.1) is 0 Å². The number of ether oxygens (including phenoxy) is 2. The summed E-state index contributed by atoms with van der Waals surface area (Å²) < 4.78 is 24.5. The van der Waals surface area contributed by atoms with Gasteiger partial charge in [0.05, 0.1) is 25.3 Å². The molecule has 2 amide bonds. The molecular formula is C28H27FN4O4. The van der Waals surface area contributed by atoms with E-state index >= 15 is 0 Å². The molecule has 0 unspecified atom stereocenters. The van der Waals surface area contributed by atoms with Crippen LogP contribution in [0.1, 0.15) is 17.0 Å². The Morgan fingerprint density at radius 2 is 1.65 bits per heavy atom. The fourth-order valence-corrected chi connectivity index (χ4v) is 3.50. The van der Waals surface area contributed by atoms with Crippen LogP contribution < -0.4 is 15.4 Å². The van der Waals surface area contributed by atoms with Crippen LogP contribution in [0.15, 0.2) is 84.9 Å². The molecule has 8 nitrogen and oxygen atoms in total. The third-order valence-electron chi connectivity index (χ3n) is 5.32. The number of aryl methyl sites for hydroxylation is 1. The minimum absolute atomic E-state index is 0.0160. The molecule has 0 fully saturated rings. The molecule has 1 heterocycles. The Morgan fingerprint density at radius 1 is 0.973 bits per heavy atom. The van der Waals surface area contributed by atoms with Gasteiger partial charge in [0.2, 0.25) is 11.8 Å². The Kier molecular flexibility index (Phi) is 8.62. The van der Waals surface area contributed by atoms with Crippen molar-refractivity contribution in [1.82, 2.24) is 15.5 Å². The Labute approximate surface area is 213 Å². The number of H-pyrrole nitrogens is 1. The van der Waals surface area contributed by atoms with Crippen molar-refractivity contribution in [2.45, 2.75) is 26.0 Å². The second kappa shape index (κ2) is 12.5. The van der Waals surface area contributed by atoms with Crippen molar-refractivity contribution in [3.63, 3.8) is 0 Å². The molecule has 190 valence electrons. The lowest BCUT2D eigenvalue weighted by Gasteiger charge is -2.19. The zero-order valence-electron chi connectivity index (χ0n) is 20.2. The zero-order chi connectivity index (χ0) is 26.0. The number of aromatic nitrogens is 2. The smallest absolute Gasteiger partial charge is 0.249 e. The van der Waals surface area contributed by atoms with E-state index in [1.165, 1.54) is 24.3 Å². The Balaban J connectivity index is 1.37. The van der Waals surface area contributed by atoms with Crippen LogP contribution in [0.4, 0.5) is 10.1 Å². The number of carbonyl (C=O) groups is 2. The van der Waals surface area contributed by atoms with E-state index in [9.17, 15) is 14.0 Å². The van der Waals surface area contributed by atoms with Crippen LogP contribution in [0, 0.1) is 12.7 Å². The van der Waals surface area contributed by atoms with Gasteiger partial charge >= 0.3 is 0 Å². The molecule has 0 saturated carbocycles. The number of aromatic amines is 1. The van der Waals surface area contributed by atoms with Crippen LogP contribution in [-0.4, -0.2) is 34.7 Å². The Morgan fingerprint density at radius 3 is 2.30 bits per heavy atom. The Bertz CT molecular complexity index is 1310. The first-order chi connectivity index (χ1) is 17.9. The number of amides is 2. The topological polar surface area (TPSA) is 105 Å². The monoisotopic (exact) mass is 502 g/mol. The number of benzene rings is 3. The minimum atomic E-state index is -0.925. The number of rotatable bonds is 11. The molecule has 4 rings (SSSR count). The summed E-state index contributed by atoms with van der Waals surface area (Å²) in [5, 5.41) is 12.4. The number of carbonyl (C=O) groups excluding carboxylic acids is 2. The average molecular weight is 503 g/mol. The maximum Gasteiger partial charge on any atom is 0.249 e. The van der Waals surface area contributed by atoms with Crippen LogP contribution in [0.3, 0.4) is 0 Å². The van der Waals surface area contributed by atoms with E-state index in [1.54, 1.807) is 30.3 Å². The standard InChI is InChI=1S/C28H27FN4O4/c1-19-15-23(33-32-19)16-27(34)31-26(18-36-17-20-5-3-2-4-6-20)28(35)30-22-9-13-25(14-10-22)37-24-11-7-21(29)8-12-24/h2-15,26H,16-18H2,1H3,(H,30,35)(H,31,34)(H,32,33)/t26-/m0/s1. The highest BCUT2D eigenvalue weighted by Crippen LogP contribution is 2.23. The van der Waals surface area contributed by atoms with Crippen molar-refractivity contribution in [3.05, 3.63) is 108 Å². The third-order valence-corrected chi connectivity index (χ3v) is 5.32. The van der Waals surface area contributed by atoms with Gasteiger partial charge in [0.1, 0.15) is 23.4 Å². The van der Waals surface area contributed by atoms with Crippen molar-refractivity contribution in [1.29, 1.82) is 0 Å². The van der Waals surface area contributed by atoms with E-state index in [-0.39, 0.29) is 24.8 Å². The average Bonchev–Trinajstić information content (AvgIpc) is 3.30. The largest absolute Gasteiger partial charge is 0.457 e. The first kappa shape index (κ1) is 25.6. The van der Waals surface area contributed by atoms with Gasteiger partial charge in [-0.25, -0.2) is 4.39 Å². The van der Waals surface area contributed by atoms with Crippen LogP contribution >= 0.6 is 0 Å². The van der Waals surface area contributed by atoms with Crippen molar-refractivity contribution in [3.8, 4) is 11.5 Å². The van der Waals surface area contributed by atoms with E-state index in [0.717, 1.165) is 11.3 Å². The quantitative estimate of drug-likeness (QED) is 0.279. The fraction of sp³-hybridized carbons (Fsp3) is 0.179. The Hall–Kier alpha value is -4.50. The summed E-state index contributed by atoms with van der Waals surface area (Å²) in [6.45, 7) is 2.13. The molecule has 0 bridgehead atoms. The minimum Gasteiger partial charge on any atom is -0.457 e. The van der Waals surface area contributed by atoms with Gasteiger partial charge in [0.15, 0.2) is 0 Å². The molecule has 0 aliphatic carbocycles. The molecule has 3 N–H and O–H groups in total. The third kappa shape index (κ3) is 8.01. The SMILES string of the molecule is Cc1cc(CC(=O)N[C@@H](COCc2ccccc2)C(=O)Nc2ccc(Oc3ccc(F)cc3)cc2)n[nH]1. The second-order valence-corrected chi connectivity index (χ2v) is 8.41. The van der Waals surface area contributed by atoms with Gasteiger partial charge < -0.3 is 20.1 Å². The number of hydrogen-bond acceptors (Lipinski definition) is 5. The summed E-state index contributed by atoms with van der Waals surface area (Å²) in [6.07, 6.45) is 0.0300. The van der Waals surface area contributed by atoms with E-state index in [0.29, 0.717) is 29.5 Å². The van der Waals surface area contributed by atoms with Gasteiger partial charge in [-0.05, 0) is 67.1 Å². The van der Waals surface area contributed by atoms with Crippen LogP contribution in [0.25, 0.3) is 0 Å². The number of anilines is 1. The predicted octanol–water partition coefficient (Wildman–Crippen LogP) is 4.53. The van der Waals surface area contributed by atoms with Crippen LogP contribution in [0.5, 0.6) is 11.5 Å². The van der Waals surface area contributed by atoms with Crippen molar-refractivity contribution < 1.29 is 23.5 Å². The highest BCUT2D eigenvalue weighted by molar-refractivity contribution is 5.97. The first-order valence-corrected chi connectivity index (χ1v) is 11.7. The maximum atomic E-state index is 13.1. The van der Waals surface area contributed by atoms with E-state index in [2.05, 4.69) is 20.8 Å². The van der Waals surface area contributed by atoms with E-state index < -0.39 is 11.9 Å². The number of nitrogens with one attached hydrogen (secondary N) is 3. The van der Waals surface area contributed by atoms with Crippen molar-refractivity contribution in [2.24, 2.45) is 0 Å². The summed E-state index contributed by atoms with van der Waals surface area (Å²) in [5.41, 5.74) is 2.89. The molecule has 1 atom stereocenters. The van der Waals surface area contributed by atoms with Crippen LogP contribution in [0.2, 0.25) is 0 Å². The molecule has 4 aromatic rings. The number of hydrogen-bond donors (Lipinski definition) is 3. The summed E-state index contributed by atoms with van der Waals surface area (Å²) in [6, 6.07) is 22.8. The highest BCUT2D eigenvalue weighted by atomic mass is 19.1. The molecule has 1 aromatic heterocycles. The molecule has 0 spiro atoms. The summed E-state index contributed by atoms with van der Waals surface area (Å²) >= 11 is 0. The zero-order valence-corrected chi connectivity index (χ0v) is 20.2. The normalized spacial score (nSPS) is 11.5. The van der Waals surface area contributed by atoms with E-state index in [1.807, 2.05) is 37.3 Å². The lowest BCUT2D eigenvalue weighted by atomic mass is 10.2. The lowest BCUT2D eigenvalue weighted by Crippen LogP contribution is -2.47. The molecule has 9 heteroatoms. The van der Waals surface area contributed by atoms with Gasteiger partial charge in [-0.2, -0.15) is 5.10 Å². The van der Waals surface area contributed by atoms with Crippen molar-refractivity contribution in [2.75, 3.05) is 11.9 Å². The molecule has 0 saturated heterocycles. The fourth-order valence-electron chi connectivity index (χ4n) is 3.50. The van der Waals surface area contributed by atoms with Crippen molar-refractivity contribution >= 4 is 17.5 Å². The second-order valence-electron chi connectivity index (χ2n) is 8.41. The molecule has 0 aliphatic rings. The van der Waals surface area contributed by atoms with Gasteiger partial charge in [-0.3, -0.25) is 14.7 Å². The van der Waals surface area contributed by atoms with E-state index in [4.69, 9.17) is 9.47 Å². The summed E-state index contributed by atoms with van der Waals surface area (Å²) in [5.74, 6) is -0.109. The van der Waals surface area contributed by atoms with Gasteiger partial charge in [0.25, 0.3) is 0 Å². The number of halogens is 1. The molecular weight excluding hydrogens is 475 g/mol.